The molecule has 2 heteroatoms. The van der Waals surface area contributed by atoms with Gasteiger partial charge in [-0.1, -0.05) is 51.6 Å². The zero-order valence-electron chi connectivity index (χ0n) is 10.7. The molecule has 1 aliphatic rings. The Morgan fingerprint density at radius 2 is 1.80 bits per heavy atom. The average Bonchev–Trinajstić information content (AvgIpc) is 2.14. The molecule has 1 fully saturated rings. The summed E-state index contributed by atoms with van der Waals surface area (Å²) in [7, 11) is -1.04. The monoisotopic (exact) mass is 226 g/mol. The van der Waals surface area contributed by atoms with Gasteiger partial charge in [-0.3, -0.25) is 0 Å². The van der Waals surface area contributed by atoms with Gasteiger partial charge in [-0.25, -0.2) is 0 Å². The van der Waals surface area contributed by atoms with Crippen LogP contribution in [0.3, 0.4) is 0 Å². The highest BCUT2D eigenvalue weighted by molar-refractivity contribution is 6.77. The van der Waals surface area contributed by atoms with E-state index in [0.29, 0.717) is 11.5 Å². The molecular formula is C13H26OSi. The molecular weight excluding hydrogens is 200 g/mol. The molecule has 0 radical (unpaired) electrons. The largest absolute Gasteiger partial charge is 0.393 e. The first-order valence-electron chi connectivity index (χ1n) is 6.27. The van der Waals surface area contributed by atoms with Crippen LogP contribution in [-0.2, 0) is 0 Å². The molecule has 1 rings (SSSR count). The molecule has 1 nitrogen and oxygen atoms in total. The minimum atomic E-state index is -1.04. The second-order valence-corrected chi connectivity index (χ2v) is 11.7. The van der Waals surface area contributed by atoms with Crippen molar-refractivity contribution >= 4 is 8.07 Å². The fourth-order valence-corrected chi connectivity index (χ4v) is 2.65. The zero-order chi connectivity index (χ0) is 11.5. The summed E-state index contributed by atoms with van der Waals surface area (Å²) in [6.07, 6.45) is 9.22. The van der Waals surface area contributed by atoms with Crippen LogP contribution in [-0.4, -0.2) is 19.3 Å². The normalized spacial score (nSPS) is 30.7. The molecule has 1 saturated carbocycles. The molecule has 0 bridgehead atoms. The summed E-state index contributed by atoms with van der Waals surface area (Å²) in [5.74, 6) is 0.428. The fourth-order valence-electron chi connectivity index (χ4n) is 1.96. The van der Waals surface area contributed by atoms with Gasteiger partial charge in [0.05, 0.1) is 14.2 Å². The van der Waals surface area contributed by atoms with Gasteiger partial charge >= 0.3 is 0 Å². The van der Waals surface area contributed by atoms with Crippen molar-refractivity contribution < 1.29 is 5.11 Å². The van der Waals surface area contributed by atoms with Crippen LogP contribution in [0.15, 0.2) is 12.2 Å². The number of rotatable bonds is 3. The zero-order valence-corrected chi connectivity index (χ0v) is 11.7. The van der Waals surface area contributed by atoms with Gasteiger partial charge in [0.25, 0.3) is 0 Å². The maximum absolute atomic E-state index is 9.84. The lowest BCUT2D eigenvalue weighted by Gasteiger charge is -2.27. The molecule has 0 aliphatic heterocycles. The molecule has 15 heavy (non-hydrogen) atoms. The van der Waals surface area contributed by atoms with Gasteiger partial charge in [0, 0.05) is 5.92 Å². The van der Waals surface area contributed by atoms with Crippen molar-refractivity contribution in [2.45, 2.75) is 63.9 Å². The maximum atomic E-state index is 9.84. The van der Waals surface area contributed by atoms with E-state index in [9.17, 15) is 5.11 Å². The second kappa shape index (κ2) is 5.31. The maximum Gasteiger partial charge on any atom is 0.0602 e. The average molecular weight is 226 g/mol. The summed E-state index contributed by atoms with van der Waals surface area (Å²) in [6.45, 7) is 9.52. The lowest BCUT2D eigenvalue weighted by Crippen LogP contribution is -2.26. The minimum absolute atomic E-state index is 0.0798. The lowest BCUT2D eigenvalue weighted by molar-refractivity contribution is 0.0926. The van der Waals surface area contributed by atoms with Crippen molar-refractivity contribution in [1.29, 1.82) is 0 Å². The Kier molecular flexibility index (Phi) is 4.59. The standard InChI is InChI=1S/C13H26OSi/c1-11(15(2,3)4)9-10-12-7-5-6-8-13(12)14/h9-14H,5-8H2,1-4H3/b10-9+/t11?,12-,13+/m0/s1. The summed E-state index contributed by atoms with van der Waals surface area (Å²) in [6, 6.07) is 0. The van der Waals surface area contributed by atoms with Gasteiger partial charge in [0.2, 0.25) is 0 Å². The summed E-state index contributed by atoms with van der Waals surface area (Å²) in [5, 5.41) is 9.84. The third kappa shape index (κ3) is 4.11. The Morgan fingerprint density at radius 1 is 1.20 bits per heavy atom. The predicted octanol–water partition coefficient (Wildman–Crippen LogP) is 3.82. The van der Waals surface area contributed by atoms with E-state index in [1.54, 1.807) is 0 Å². The molecule has 1 aliphatic carbocycles. The van der Waals surface area contributed by atoms with E-state index in [0.717, 1.165) is 6.42 Å². The molecule has 88 valence electrons. The summed E-state index contributed by atoms with van der Waals surface area (Å²) in [4.78, 5) is 0. The van der Waals surface area contributed by atoms with Crippen molar-refractivity contribution in [3.05, 3.63) is 12.2 Å². The molecule has 0 heterocycles. The molecule has 1 N–H and O–H groups in total. The number of aliphatic hydroxyl groups excluding tert-OH is 1. The second-order valence-electron chi connectivity index (χ2n) is 6.06. The van der Waals surface area contributed by atoms with E-state index < -0.39 is 8.07 Å². The first-order valence-corrected chi connectivity index (χ1v) is 9.85. The van der Waals surface area contributed by atoms with Gasteiger partial charge < -0.3 is 5.11 Å². The predicted molar refractivity (Wildman–Crippen MR) is 69.9 cm³/mol. The molecule has 3 atom stereocenters. The number of hydrogen-bond acceptors (Lipinski definition) is 1. The Morgan fingerprint density at radius 3 is 2.33 bits per heavy atom. The summed E-state index contributed by atoms with van der Waals surface area (Å²) < 4.78 is 0. The number of hydrogen-bond donors (Lipinski definition) is 1. The van der Waals surface area contributed by atoms with Crippen LogP contribution in [0.4, 0.5) is 0 Å². The van der Waals surface area contributed by atoms with E-state index in [-0.39, 0.29) is 6.10 Å². The van der Waals surface area contributed by atoms with Gasteiger partial charge in [-0.05, 0) is 18.4 Å². The van der Waals surface area contributed by atoms with Crippen LogP contribution in [0.25, 0.3) is 0 Å². The van der Waals surface area contributed by atoms with E-state index in [1.165, 1.54) is 19.3 Å². The van der Waals surface area contributed by atoms with E-state index >= 15 is 0 Å². The first-order chi connectivity index (χ1) is 6.91. The van der Waals surface area contributed by atoms with Gasteiger partial charge in [0.15, 0.2) is 0 Å². The van der Waals surface area contributed by atoms with Crippen molar-refractivity contribution in [1.82, 2.24) is 0 Å². The fraction of sp³-hybridized carbons (Fsp3) is 0.846. The van der Waals surface area contributed by atoms with E-state index in [1.807, 2.05) is 0 Å². The highest BCUT2D eigenvalue weighted by Gasteiger charge is 2.23. The molecule has 0 saturated heterocycles. The molecule has 0 aromatic rings. The van der Waals surface area contributed by atoms with E-state index in [2.05, 4.69) is 38.7 Å². The summed E-state index contributed by atoms with van der Waals surface area (Å²) in [5.41, 5.74) is 0.714. The summed E-state index contributed by atoms with van der Waals surface area (Å²) >= 11 is 0. The first kappa shape index (κ1) is 13.0. The van der Waals surface area contributed by atoms with Crippen molar-refractivity contribution in [3.63, 3.8) is 0 Å². The van der Waals surface area contributed by atoms with Crippen molar-refractivity contribution in [2.24, 2.45) is 5.92 Å². The Balaban J connectivity index is 2.49. The Labute approximate surface area is 95.6 Å². The van der Waals surface area contributed by atoms with Gasteiger partial charge in [0.1, 0.15) is 0 Å². The lowest BCUT2D eigenvalue weighted by atomic mass is 9.86. The van der Waals surface area contributed by atoms with Crippen molar-refractivity contribution in [3.8, 4) is 0 Å². The minimum Gasteiger partial charge on any atom is -0.393 e. The Hall–Kier alpha value is -0.0831. The topological polar surface area (TPSA) is 20.2 Å². The van der Waals surface area contributed by atoms with E-state index in [4.69, 9.17) is 0 Å². The number of aliphatic hydroxyl groups is 1. The Bertz CT molecular complexity index is 217. The molecule has 0 aromatic carbocycles. The van der Waals surface area contributed by atoms with Gasteiger partial charge in [-0.15, -0.1) is 0 Å². The van der Waals surface area contributed by atoms with Gasteiger partial charge in [-0.2, -0.15) is 0 Å². The highest BCUT2D eigenvalue weighted by atomic mass is 28.3. The van der Waals surface area contributed by atoms with Crippen LogP contribution in [0, 0.1) is 5.92 Å². The van der Waals surface area contributed by atoms with Crippen molar-refractivity contribution in [2.75, 3.05) is 0 Å². The van der Waals surface area contributed by atoms with Crippen LogP contribution >= 0.6 is 0 Å². The molecule has 1 unspecified atom stereocenters. The quantitative estimate of drug-likeness (QED) is 0.573. The highest BCUT2D eigenvalue weighted by Crippen LogP contribution is 2.28. The third-order valence-electron chi connectivity index (χ3n) is 3.79. The molecule has 0 spiro atoms. The number of allylic oxidation sites excluding steroid dienone is 1. The third-order valence-corrected chi connectivity index (χ3v) is 6.72. The molecule has 0 aromatic heterocycles. The SMILES string of the molecule is CC(/C=C/[C@@H]1CCCC[C@H]1O)[Si](C)(C)C. The smallest absolute Gasteiger partial charge is 0.0602 e. The van der Waals surface area contributed by atoms with Crippen LogP contribution in [0.2, 0.25) is 25.2 Å². The van der Waals surface area contributed by atoms with Crippen LogP contribution in [0.5, 0.6) is 0 Å². The van der Waals surface area contributed by atoms with Crippen LogP contribution in [0.1, 0.15) is 32.6 Å². The molecule has 0 amide bonds. The van der Waals surface area contributed by atoms with Crippen LogP contribution < -0.4 is 0 Å².